The van der Waals surface area contributed by atoms with Crippen molar-refractivity contribution in [2.45, 2.75) is 27.2 Å². The highest BCUT2D eigenvalue weighted by atomic mass is 79.9. The molecule has 104 valence electrons. The molecule has 0 spiro atoms. The van der Waals surface area contributed by atoms with Gasteiger partial charge in [-0.3, -0.25) is 9.59 Å². The summed E-state index contributed by atoms with van der Waals surface area (Å²) < 4.78 is 0.996. The van der Waals surface area contributed by atoms with Crippen LogP contribution in [-0.2, 0) is 9.59 Å². The molecule has 0 bridgehead atoms. The number of halogens is 1. The lowest BCUT2D eigenvalue weighted by Crippen LogP contribution is -2.33. The Morgan fingerprint density at radius 2 is 1.95 bits per heavy atom. The van der Waals surface area contributed by atoms with E-state index < -0.39 is 0 Å². The van der Waals surface area contributed by atoms with Crippen molar-refractivity contribution in [2.24, 2.45) is 5.92 Å². The van der Waals surface area contributed by atoms with Crippen molar-refractivity contribution in [3.05, 3.63) is 28.2 Å². The third-order valence-electron chi connectivity index (χ3n) is 2.48. The molecule has 2 amide bonds. The van der Waals surface area contributed by atoms with Crippen molar-refractivity contribution in [1.29, 1.82) is 0 Å². The van der Waals surface area contributed by atoms with Gasteiger partial charge in [0.2, 0.25) is 11.8 Å². The van der Waals surface area contributed by atoms with E-state index in [9.17, 15) is 9.59 Å². The lowest BCUT2D eigenvalue weighted by molar-refractivity contribution is -0.124. The first-order valence-corrected chi connectivity index (χ1v) is 7.00. The minimum absolute atomic E-state index is 0.000660. The first-order chi connectivity index (χ1) is 8.88. The third-order valence-corrected chi connectivity index (χ3v) is 3.37. The molecular weight excluding hydrogens is 308 g/mol. The van der Waals surface area contributed by atoms with Crippen LogP contribution in [0.5, 0.6) is 0 Å². The topological polar surface area (TPSA) is 58.2 Å². The minimum Gasteiger partial charge on any atom is -0.347 e. The number of carbonyl (C=O) groups is 2. The molecule has 1 aromatic rings. The number of amides is 2. The summed E-state index contributed by atoms with van der Waals surface area (Å²) in [6.45, 7) is 5.87. The van der Waals surface area contributed by atoms with Gasteiger partial charge >= 0.3 is 0 Å². The Labute approximate surface area is 122 Å². The van der Waals surface area contributed by atoms with Gasteiger partial charge in [0.25, 0.3) is 0 Å². The maximum Gasteiger partial charge on any atom is 0.243 e. The zero-order valence-electron chi connectivity index (χ0n) is 11.4. The quantitative estimate of drug-likeness (QED) is 0.874. The van der Waals surface area contributed by atoms with Crippen molar-refractivity contribution >= 4 is 33.4 Å². The second-order valence-corrected chi connectivity index (χ2v) is 5.74. The number of benzene rings is 1. The Morgan fingerprint density at radius 3 is 2.53 bits per heavy atom. The number of anilines is 1. The zero-order valence-corrected chi connectivity index (χ0v) is 13.0. The fourth-order valence-corrected chi connectivity index (χ4v) is 1.80. The van der Waals surface area contributed by atoms with Gasteiger partial charge in [0, 0.05) is 16.6 Å². The fourth-order valence-electron chi connectivity index (χ4n) is 1.55. The van der Waals surface area contributed by atoms with Gasteiger partial charge in [0.1, 0.15) is 0 Å². The van der Waals surface area contributed by atoms with Crippen LogP contribution in [0.2, 0.25) is 0 Å². The molecule has 0 saturated carbocycles. The van der Waals surface area contributed by atoms with Gasteiger partial charge in [-0.15, -0.1) is 0 Å². The van der Waals surface area contributed by atoms with Gasteiger partial charge in [-0.25, -0.2) is 0 Å². The number of hydrogen-bond donors (Lipinski definition) is 2. The van der Waals surface area contributed by atoms with Crippen molar-refractivity contribution < 1.29 is 9.59 Å². The molecule has 0 saturated heterocycles. The number of hydrogen-bond acceptors (Lipinski definition) is 2. The van der Waals surface area contributed by atoms with E-state index in [0.29, 0.717) is 6.42 Å². The first kappa shape index (κ1) is 15.7. The summed E-state index contributed by atoms with van der Waals surface area (Å²) in [4.78, 5) is 23.1. The standard InChI is InChI=1S/C14H19BrN2O2/c1-9(2)6-13(18)16-8-14(19)17-11-4-5-12(15)10(3)7-11/h4-5,7,9H,6,8H2,1-3H3,(H,16,18)(H,17,19). The Kier molecular flexibility index (Phi) is 6.02. The van der Waals surface area contributed by atoms with E-state index in [1.54, 1.807) is 0 Å². The lowest BCUT2D eigenvalue weighted by Gasteiger charge is -2.09. The SMILES string of the molecule is Cc1cc(NC(=O)CNC(=O)CC(C)C)ccc1Br. The summed E-state index contributed by atoms with van der Waals surface area (Å²) in [6.07, 6.45) is 0.435. The van der Waals surface area contributed by atoms with Gasteiger partial charge in [-0.1, -0.05) is 29.8 Å². The number of nitrogens with one attached hydrogen (secondary N) is 2. The Morgan fingerprint density at radius 1 is 1.26 bits per heavy atom. The molecule has 0 unspecified atom stereocenters. The second-order valence-electron chi connectivity index (χ2n) is 4.89. The van der Waals surface area contributed by atoms with E-state index in [1.165, 1.54) is 0 Å². The number of aryl methyl sites for hydroxylation is 1. The molecule has 5 heteroatoms. The van der Waals surface area contributed by atoms with E-state index >= 15 is 0 Å². The maximum atomic E-state index is 11.7. The summed E-state index contributed by atoms with van der Waals surface area (Å²) in [5.74, 6) is -0.0341. The minimum atomic E-state index is -0.223. The fraction of sp³-hybridized carbons (Fsp3) is 0.429. The molecule has 1 rings (SSSR count). The molecule has 0 atom stereocenters. The summed E-state index contributed by atoms with van der Waals surface area (Å²) >= 11 is 3.40. The van der Waals surface area contributed by atoms with Crippen molar-refractivity contribution in [1.82, 2.24) is 5.32 Å². The van der Waals surface area contributed by atoms with Crippen molar-refractivity contribution in [3.63, 3.8) is 0 Å². The molecule has 0 fully saturated rings. The van der Waals surface area contributed by atoms with E-state index in [2.05, 4.69) is 26.6 Å². The van der Waals surface area contributed by atoms with E-state index in [0.717, 1.165) is 15.7 Å². The lowest BCUT2D eigenvalue weighted by atomic mass is 10.1. The van der Waals surface area contributed by atoms with Gasteiger partial charge < -0.3 is 10.6 Å². The summed E-state index contributed by atoms with van der Waals surface area (Å²) in [5.41, 5.74) is 1.77. The molecule has 19 heavy (non-hydrogen) atoms. The average molecular weight is 327 g/mol. The zero-order chi connectivity index (χ0) is 14.4. The summed E-state index contributed by atoms with van der Waals surface area (Å²) in [6, 6.07) is 5.56. The highest BCUT2D eigenvalue weighted by Gasteiger charge is 2.08. The molecule has 0 aromatic heterocycles. The Balaban J connectivity index is 2.43. The highest BCUT2D eigenvalue weighted by molar-refractivity contribution is 9.10. The highest BCUT2D eigenvalue weighted by Crippen LogP contribution is 2.19. The van der Waals surface area contributed by atoms with Crippen LogP contribution in [0.1, 0.15) is 25.8 Å². The normalized spacial score (nSPS) is 10.4. The summed E-state index contributed by atoms with van der Waals surface area (Å²) in [5, 5.41) is 5.34. The average Bonchev–Trinajstić information content (AvgIpc) is 2.30. The molecule has 1 aromatic carbocycles. The van der Waals surface area contributed by atoms with Gasteiger partial charge in [0.05, 0.1) is 6.54 Å². The van der Waals surface area contributed by atoms with Crippen LogP contribution in [0.4, 0.5) is 5.69 Å². The first-order valence-electron chi connectivity index (χ1n) is 6.21. The van der Waals surface area contributed by atoms with Crippen LogP contribution in [0, 0.1) is 12.8 Å². The summed E-state index contributed by atoms with van der Waals surface area (Å²) in [7, 11) is 0. The maximum absolute atomic E-state index is 11.7. The number of rotatable bonds is 5. The monoisotopic (exact) mass is 326 g/mol. The molecule has 0 heterocycles. The van der Waals surface area contributed by atoms with Crippen LogP contribution in [-0.4, -0.2) is 18.4 Å². The van der Waals surface area contributed by atoms with Crippen LogP contribution in [0.15, 0.2) is 22.7 Å². The van der Waals surface area contributed by atoms with Crippen LogP contribution in [0.25, 0.3) is 0 Å². The molecule has 0 aliphatic rings. The molecule has 0 aliphatic carbocycles. The Hall–Kier alpha value is -1.36. The van der Waals surface area contributed by atoms with E-state index in [4.69, 9.17) is 0 Å². The van der Waals surface area contributed by atoms with Gasteiger partial charge in [-0.05, 0) is 36.6 Å². The van der Waals surface area contributed by atoms with Crippen LogP contribution >= 0.6 is 15.9 Å². The predicted octanol–water partition coefficient (Wildman–Crippen LogP) is 2.86. The van der Waals surface area contributed by atoms with E-state index in [1.807, 2.05) is 39.0 Å². The molecule has 0 radical (unpaired) electrons. The van der Waals surface area contributed by atoms with Crippen molar-refractivity contribution in [3.8, 4) is 0 Å². The number of carbonyl (C=O) groups excluding carboxylic acids is 2. The van der Waals surface area contributed by atoms with Gasteiger partial charge in [-0.2, -0.15) is 0 Å². The molecule has 2 N–H and O–H groups in total. The largest absolute Gasteiger partial charge is 0.347 e. The molecule has 0 aliphatic heterocycles. The van der Waals surface area contributed by atoms with Gasteiger partial charge in [0.15, 0.2) is 0 Å². The second kappa shape index (κ2) is 7.28. The van der Waals surface area contributed by atoms with Crippen LogP contribution < -0.4 is 10.6 Å². The van der Waals surface area contributed by atoms with Crippen molar-refractivity contribution in [2.75, 3.05) is 11.9 Å². The predicted molar refractivity (Wildman–Crippen MR) is 80.0 cm³/mol. The molecule has 4 nitrogen and oxygen atoms in total. The van der Waals surface area contributed by atoms with E-state index in [-0.39, 0.29) is 24.3 Å². The Bertz CT molecular complexity index is 473. The van der Waals surface area contributed by atoms with Crippen LogP contribution in [0.3, 0.4) is 0 Å². The molecular formula is C14H19BrN2O2. The smallest absolute Gasteiger partial charge is 0.243 e. The third kappa shape index (κ3) is 5.87.